The van der Waals surface area contributed by atoms with Gasteiger partial charge in [0.2, 0.25) is 11.6 Å². The molecule has 3 fully saturated rings. The summed E-state index contributed by atoms with van der Waals surface area (Å²) in [6.45, 7) is 0. The molecule has 2 aliphatic carbocycles. The molecule has 3 aliphatic rings. The van der Waals surface area contributed by atoms with Crippen molar-refractivity contribution in [1.29, 1.82) is 0 Å². The van der Waals surface area contributed by atoms with Crippen LogP contribution < -0.4 is 0 Å². The van der Waals surface area contributed by atoms with Crippen molar-refractivity contribution in [2.45, 2.75) is 75.8 Å². The zero-order chi connectivity index (χ0) is 20.3. The highest BCUT2D eigenvalue weighted by molar-refractivity contribution is 5.17. The Kier molecular flexibility index (Phi) is 5.92. The molecule has 0 unspecified atom stereocenters. The highest BCUT2D eigenvalue weighted by Gasteiger charge is 2.56. The van der Waals surface area contributed by atoms with Gasteiger partial charge < -0.3 is 0 Å². The largest absolute Gasteiger partial charge is 0.237 e. The maximum absolute atomic E-state index is 6.21. The van der Waals surface area contributed by atoms with Crippen LogP contribution in [-0.4, -0.2) is 11.6 Å². The number of hydrogen-bond donors (Lipinski definition) is 0. The van der Waals surface area contributed by atoms with Gasteiger partial charge in [-0.2, -0.15) is 19.6 Å². The van der Waals surface area contributed by atoms with Gasteiger partial charge in [0.25, 0.3) is 0 Å². The van der Waals surface area contributed by atoms with Crippen LogP contribution in [0.25, 0.3) is 0 Å². The van der Waals surface area contributed by atoms with E-state index >= 15 is 0 Å². The van der Waals surface area contributed by atoms with Gasteiger partial charge in [0.15, 0.2) is 0 Å². The molecular weight excluding hydrogens is 376 g/mol. The van der Waals surface area contributed by atoms with Crippen molar-refractivity contribution in [3.63, 3.8) is 0 Å². The molecule has 2 aromatic rings. The summed E-state index contributed by atoms with van der Waals surface area (Å²) in [5.41, 5.74) is 2.60. The summed E-state index contributed by atoms with van der Waals surface area (Å²) in [7, 11) is 0. The fraction of sp³-hybridized carbons (Fsp3) is 0.538. The highest BCUT2D eigenvalue weighted by atomic mass is 17.4. The SMILES string of the molecule is c1ccc(C[C@H]2CCCCC23OOC2(CCCC[C@H]2Cc2ccccc2)OO3)cc1. The van der Waals surface area contributed by atoms with Crippen LogP contribution in [0, 0.1) is 11.8 Å². The molecule has 1 heterocycles. The average Bonchev–Trinajstić information content (AvgIpc) is 2.80. The van der Waals surface area contributed by atoms with Crippen molar-refractivity contribution >= 4 is 0 Å². The lowest BCUT2D eigenvalue weighted by Crippen LogP contribution is -2.59. The molecule has 2 saturated carbocycles. The van der Waals surface area contributed by atoms with E-state index in [0.717, 1.165) is 51.4 Å². The monoisotopic (exact) mass is 408 g/mol. The Morgan fingerprint density at radius 3 is 1.37 bits per heavy atom. The lowest BCUT2D eigenvalue weighted by molar-refractivity contribution is -0.675. The summed E-state index contributed by atoms with van der Waals surface area (Å²) in [5.74, 6) is -1.15. The summed E-state index contributed by atoms with van der Waals surface area (Å²) in [5, 5.41) is 0. The zero-order valence-corrected chi connectivity index (χ0v) is 17.6. The fourth-order valence-electron chi connectivity index (χ4n) is 5.43. The molecule has 160 valence electrons. The Balaban J connectivity index is 1.31. The summed E-state index contributed by atoms with van der Waals surface area (Å²) < 4.78 is 0. The first kappa shape index (κ1) is 20.2. The normalized spacial score (nSPS) is 34.3. The van der Waals surface area contributed by atoms with Crippen LogP contribution in [0.4, 0.5) is 0 Å². The summed E-state index contributed by atoms with van der Waals surface area (Å²) in [6.07, 6.45) is 10.1. The fourth-order valence-corrected chi connectivity index (χ4v) is 5.43. The molecule has 0 bridgehead atoms. The predicted octanol–water partition coefficient (Wildman–Crippen LogP) is 6.15. The molecule has 2 atom stereocenters. The molecule has 2 aromatic carbocycles. The third-order valence-electron chi connectivity index (χ3n) is 7.20. The van der Waals surface area contributed by atoms with Gasteiger partial charge in [0.05, 0.1) is 0 Å². The van der Waals surface area contributed by atoms with E-state index in [1.165, 1.54) is 24.0 Å². The van der Waals surface area contributed by atoms with Gasteiger partial charge in [-0.15, -0.1) is 0 Å². The third-order valence-corrected chi connectivity index (χ3v) is 7.20. The Labute approximate surface area is 179 Å². The molecule has 0 N–H and O–H groups in total. The number of hydrogen-bond acceptors (Lipinski definition) is 4. The minimum Gasteiger partial charge on any atom is -0.195 e. The van der Waals surface area contributed by atoms with E-state index in [-0.39, 0.29) is 11.8 Å². The van der Waals surface area contributed by atoms with E-state index in [1.54, 1.807) is 0 Å². The van der Waals surface area contributed by atoms with Gasteiger partial charge in [-0.05, 0) is 49.7 Å². The number of benzene rings is 2. The van der Waals surface area contributed by atoms with Gasteiger partial charge in [-0.25, -0.2) is 0 Å². The van der Waals surface area contributed by atoms with E-state index < -0.39 is 11.6 Å². The van der Waals surface area contributed by atoms with Gasteiger partial charge in [-0.1, -0.05) is 73.5 Å². The molecule has 0 amide bonds. The van der Waals surface area contributed by atoms with Crippen molar-refractivity contribution in [3.05, 3.63) is 71.8 Å². The standard InChI is InChI=1S/C26H32O4/c1-3-11-21(12-4-1)19-23-15-7-9-17-25(23)27-29-26(30-28-25)18-10-8-16-24(26)20-22-13-5-2-6-14-22/h1-6,11-14,23-24H,7-10,15-20H2/t23-,24+,25?,26?. The highest BCUT2D eigenvalue weighted by Crippen LogP contribution is 2.49. The molecule has 2 spiro atoms. The molecule has 1 aliphatic heterocycles. The Morgan fingerprint density at radius 1 is 0.567 bits per heavy atom. The van der Waals surface area contributed by atoms with Crippen molar-refractivity contribution in [2.75, 3.05) is 0 Å². The van der Waals surface area contributed by atoms with Crippen molar-refractivity contribution in [3.8, 4) is 0 Å². The second-order valence-corrected chi connectivity index (χ2v) is 9.22. The minimum absolute atomic E-state index is 0.224. The molecule has 4 heteroatoms. The molecule has 1 saturated heterocycles. The smallest absolute Gasteiger partial charge is 0.195 e. The number of rotatable bonds is 4. The topological polar surface area (TPSA) is 36.9 Å². The van der Waals surface area contributed by atoms with E-state index in [4.69, 9.17) is 19.6 Å². The van der Waals surface area contributed by atoms with Gasteiger partial charge in [0.1, 0.15) is 0 Å². The van der Waals surface area contributed by atoms with Crippen LogP contribution >= 0.6 is 0 Å². The van der Waals surface area contributed by atoms with Crippen LogP contribution in [0.1, 0.15) is 62.5 Å². The molecule has 0 radical (unpaired) electrons. The van der Waals surface area contributed by atoms with Crippen LogP contribution in [0.3, 0.4) is 0 Å². The van der Waals surface area contributed by atoms with Gasteiger partial charge in [0, 0.05) is 24.7 Å². The first-order valence-electron chi connectivity index (χ1n) is 11.6. The quantitative estimate of drug-likeness (QED) is 0.568. The van der Waals surface area contributed by atoms with Crippen molar-refractivity contribution in [1.82, 2.24) is 0 Å². The molecule has 0 aromatic heterocycles. The van der Waals surface area contributed by atoms with Crippen LogP contribution in [0.15, 0.2) is 60.7 Å². The van der Waals surface area contributed by atoms with E-state index in [1.807, 2.05) is 0 Å². The van der Waals surface area contributed by atoms with E-state index in [0.29, 0.717) is 0 Å². The van der Waals surface area contributed by atoms with E-state index in [2.05, 4.69) is 60.7 Å². The second kappa shape index (κ2) is 8.80. The molecule has 5 rings (SSSR count). The first-order valence-corrected chi connectivity index (χ1v) is 11.6. The van der Waals surface area contributed by atoms with Crippen LogP contribution in [-0.2, 0) is 32.4 Å². The van der Waals surface area contributed by atoms with Crippen molar-refractivity contribution < 1.29 is 19.6 Å². The second-order valence-electron chi connectivity index (χ2n) is 9.22. The summed E-state index contributed by atoms with van der Waals surface area (Å²) in [4.78, 5) is 24.8. The third kappa shape index (κ3) is 4.06. The average molecular weight is 409 g/mol. The predicted molar refractivity (Wildman–Crippen MR) is 114 cm³/mol. The Bertz CT molecular complexity index is 729. The summed E-state index contributed by atoms with van der Waals surface area (Å²) >= 11 is 0. The zero-order valence-electron chi connectivity index (χ0n) is 17.6. The maximum atomic E-state index is 6.21. The summed E-state index contributed by atoms with van der Waals surface area (Å²) in [6, 6.07) is 21.2. The van der Waals surface area contributed by atoms with Crippen LogP contribution in [0.5, 0.6) is 0 Å². The maximum Gasteiger partial charge on any atom is 0.237 e. The van der Waals surface area contributed by atoms with Crippen LogP contribution in [0.2, 0.25) is 0 Å². The van der Waals surface area contributed by atoms with Gasteiger partial charge >= 0.3 is 0 Å². The minimum atomic E-state index is -0.798. The molecule has 4 nitrogen and oxygen atoms in total. The van der Waals surface area contributed by atoms with E-state index in [9.17, 15) is 0 Å². The molecule has 30 heavy (non-hydrogen) atoms. The molecular formula is C26H32O4. The Morgan fingerprint density at radius 2 is 0.967 bits per heavy atom. The lowest BCUT2D eigenvalue weighted by atomic mass is 9.78. The Hall–Kier alpha value is -1.72. The lowest BCUT2D eigenvalue weighted by Gasteiger charge is -2.51. The van der Waals surface area contributed by atoms with Crippen molar-refractivity contribution in [2.24, 2.45) is 11.8 Å². The van der Waals surface area contributed by atoms with Gasteiger partial charge in [-0.3, -0.25) is 0 Å². The first-order chi connectivity index (χ1) is 14.8.